The molecule has 7 nitrogen and oxygen atoms in total. The van der Waals surface area contributed by atoms with Gasteiger partial charge in [0.15, 0.2) is 5.25 Å². The SMILES string of the molecule is COCCN(C(C)COC)S(=O)(=O)C(C)C(=O)O. The summed E-state index contributed by atoms with van der Waals surface area (Å²) in [6.07, 6.45) is 0. The average molecular weight is 283 g/mol. The molecule has 0 heterocycles. The van der Waals surface area contributed by atoms with Gasteiger partial charge in [-0.3, -0.25) is 4.79 Å². The first kappa shape index (κ1) is 17.3. The number of hydrogen-bond acceptors (Lipinski definition) is 5. The van der Waals surface area contributed by atoms with Crippen molar-refractivity contribution in [1.29, 1.82) is 0 Å². The Hall–Kier alpha value is -0.700. The van der Waals surface area contributed by atoms with Gasteiger partial charge in [0.2, 0.25) is 10.0 Å². The molecule has 0 amide bonds. The molecule has 0 rings (SSSR count). The Morgan fingerprint density at radius 2 is 1.83 bits per heavy atom. The van der Waals surface area contributed by atoms with Crippen molar-refractivity contribution in [2.45, 2.75) is 25.1 Å². The van der Waals surface area contributed by atoms with E-state index < -0.39 is 27.3 Å². The van der Waals surface area contributed by atoms with Crippen LogP contribution in [-0.4, -0.2) is 69.1 Å². The van der Waals surface area contributed by atoms with E-state index in [1.54, 1.807) is 6.92 Å². The second-order valence-corrected chi connectivity index (χ2v) is 6.14. The third-order valence-electron chi connectivity index (χ3n) is 2.54. The Morgan fingerprint density at radius 3 is 2.22 bits per heavy atom. The standard InChI is InChI=1S/C10H21NO6S/c1-8(7-17-4)11(5-6-16-3)18(14,15)9(2)10(12)13/h8-9H,5-7H2,1-4H3,(H,12,13). The number of rotatable bonds is 9. The van der Waals surface area contributed by atoms with Gasteiger partial charge in [-0.15, -0.1) is 0 Å². The minimum atomic E-state index is -3.92. The Kier molecular flexibility index (Phi) is 7.37. The van der Waals surface area contributed by atoms with Crippen LogP contribution in [-0.2, 0) is 24.3 Å². The van der Waals surface area contributed by atoms with Crippen molar-refractivity contribution in [2.75, 3.05) is 34.0 Å². The molecule has 0 aliphatic rings. The molecule has 0 radical (unpaired) electrons. The fourth-order valence-electron chi connectivity index (χ4n) is 1.43. The van der Waals surface area contributed by atoms with E-state index in [4.69, 9.17) is 14.6 Å². The summed E-state index contributed by atoms with van der Waals surface area (Å²) in [5.41, 5.74) is 0. The second kappa shape index (κ2) is 7.67. The second-order valence-electron chi connectivity index (χ2n) is 3.93. The molecule has 0 saturated heterocycles. The first-order valence-electron chi connectivity index (χ1n) is 5.50. The lowest BCUT2D eigenvalue weighted by atomic mass is 10.3. The monoisotopic (exact) mass is 283 g/mol. The lowest BCUT2D eigenvalue weighted by Crippen LogP contribution is -2.48. The average Bonchev–Trinajstić information content (AvgIpc) is 2.28. The van der Waals surface area contributed by atoms with Crippen LogP contribution in [0.5, 0.6) is 0 Å². The highest BCUT2D eigenvalue weighted by Gasteiger charge is 2.36. The van der Waals surface area contributed by atoms with Crippen LogP contribution >= 0.6 is 0 Å². The van der Waals surface area contributed by atoms with Gasteiger partial charge in [-0.2, -0.15) is 4.31 Å². The van der Waals surface area contributed by atoms with E-state index in [1.807, 2.05) is 0 Å². The van der Waals surface area contributed by atoms with Gasteiger partial charge in [0.25, 0.3) is 0 Å². The van der Waals surface area contributed by atoms with Crippen LogP contribution in [0.4, 0.5) is 0 Å². The van der Waals surface area contributed by atoms with Crippen LogP contribution in [0.25, 0.3) is 0 Å². The van der Waals surface area contributed by atoms with E-state index in [0.717, 1.165) is 11.2 Å². The molecule has 0 fully saturated rings. The molecule has 0 aliphatic carbocycles. The summed E-state index contributed by atoms with van der Waals surface area (Å²) in [6.45, 7) is 3.29. The number of carboxylic acids is 1. The zero-order valence-corrected chi connectivity index (χ0v) is 11.9. The summed E-state index contributed by atoms with van der Waals surface area (Å²) in [5, 5.41) is 7.34. The first-order chi connectivity index (χ1) is 8.28. The number of methoxy groups -OCH3 is 2. The molecule has 1 N–H and O–H groups in total. The smallest absolute Gasteiger partial charge is 0.323 e. The van der Waals surface area contributed by atoms with Crippen molar-refractivity contribution < 1.29 is 27.8 Å². The molecular weight excluding hydrogens is 262 g/mol. The molecule has 0 aromatic heterocycles. The molecule has 0 saturated carbocycles. The van der Waals surface area contributed by atoms with Gasteiger partial charge in [-0.05, 0) is 13.8 Å². The first-order valence-corrected chi connectivity index (χ1v) is 7.00. The van der Waals surface area contributed by atoms with E-state index in [-0.39, 0.29) is 19.8 Å². The maximum absolute atomic E-state index is 12.1. The van der Waals surface area contributed by atoms with Crippen molar-refractivity contribution >= 4 is 16.0 Å². The zero-order valence-electron chi connectivity index (χ0n) is 11.1. The number of carboxylic acid groups (broad SMARTS) is 1. The van der Waals surface area contributed by atoms with Gasteiger partial charge < -0.3 is 14.6 Å². The minimum Gasteiger partial charge on any atom is -0.480 e. The maximum atomic E-state index is 12.1. The van der Waals surface area contributed by atoms with Crippen molar-refractivity contribution in [2.24, 2.45) is 0 Å². The maximum Gasteiger partial charge on any atom is 0.323 e. The summed E-state index contributed by atoms with van der Waals surface area (Å²) in [4.78, 5) is 10.8. The van der Waals surface area contributed by atoms with E-state index in [2.05, 4.69) is 0 Å². The number of aliphatic carboxylic acids is 1. The van der Waals surface area contributed by atoms with Gasteiger partial charge in [-0.25, -0.2) is 8.42 Å². The molecule has 2 atom stereocenters. The summed E-state index contributed by atoms with van der Waals surface area (Å²) in [7, 11) is -1.01. The third-order valence-corrected chi connectivity index (χ3v) is 4.83. The van der Waals surface area contributed by atoms with E-state index >= 15 is 0 Å². The van der Waals surface area contributed by atoms with E-state index in [1.165, 1.54) is 14.2 Å². The van der Waals surface area contributed by atoms with Crippen LogP contribution in [0.1, 0.15) is 13.8 Å². The predicted octanol–water partition coefficient (Wildman–Crippen LogP) is -0.227. The van der Waals surface area contributed by atoms with Crippen LogP contribution in [0, 0.1) is 0 Å². The largest absolute Gasteiger partial charge is 0.480 e. The molecule has 18 heavy (non-hydrogen) atoms. The molecule has 0 aromatic rings. The van der Waals surface area contributed by atoms with Gasteiger partial charge in [0.05, 0.1) is 13.2 Å². The van der Waals surface area contributed by atoms with E-state index in [9.17, 15) is 13.2 Å². The molecule has 0 spiro atoms. The molecule has 0 bridgehead atoms. The molecule has 0 aliphatic heterocycles. The van der Waals surface area contributed by atoms with Gasteiger partial charge in [0.1, 0.15) is 0 Å². The summed E-state index contributed by atoms with van der Waals surface area (Å²) in [5.74, 6) is -1.37. The number of ether oxygens (including phenoxy) is 2. The summed E-state index contributed by atoms with van der Waals surface area (Å²) in [6, 6.07) is -0.447. The fraction of sp³-hybridized carbons (Fsp3) is 0.900. The molecule has 0 aromatic carbocycles. The summed E-state index contributed by atoms with van der Waals surface area (Å²) < 4.78 is 35.1. The highest BCUT2D eigenvalue weighted by Crippen LogP contribution is 2.13. The molecular formula is C10H21NO6S. The quantitative estimate of drug-likeness (QED) is 0.628. The number of hydrogen-bond donors (Lipinski definition) is 1. The lowest BCUT2D eigenvalue weighted by Gasteiger charge is -2.29. The normalized spacial score (nSPS) is 15.6. The molecule has 2 unspecified atom stereocenters. The van der Waals surface area contributed by atoms with E-state index in [0.29, 0.717) is 0 Å². The lowest BCUT2D eigenvalue weighted by molar-refractivity contribution is -0.136. The Bertz CT molecular complexity index is 355. The number of carbonyl (C=O) groups is 1. The summed E-state index contributed by atoms with van der Waals surface area (Å²) >= 11 is 0. The van der Waals surface area contributed by atoms with Crippen LogP contribution < -0.4 is 0 Å². The molecule has 108 valence electrons. The Morgan fingerprint density at radius 1 is 1.28 bits per heavy atom. The van der Waals surface area contributed by atoms with Crippen molar-refractivity contribution in [1.82, 2.24) is 4.31 Å². The van der Waals surface area contributed by atoms with Crippen molar-refractivity contribution in [3.05, 3.63) is 0 Å². The highest BCUT2D eigenvalue weighted by molar-refractivity contribution is 7.90. The molecule has 8 heteroatoms. The minimum absolute atomic E-state index is 0.0982. The number of sulfonamides is 1. The third kappa shape index (κ3) is 4.52. The van der Waals surface area contributed by atoms with Gasteiger partial charge in [0, 0.05) is 26.8 Å². The Labute approximate surface area is 108 Å². The highest BCUT2D eigenvalue weighted by atomic mass is 32.2. The van der Waals surface area contributed by atoms with Crippen LogP contribution in [0.2, 0.25) is 0 Å². The Balaban J connectivity index is 5.10. The fourth-order valence-corrected chi connectivity index (χ4v) is 2.99. The van der Waals surface area contributed by atoms with Gasteiger partial charge in [-0.1, -0.05) is 0 Å². The van der Waals surface area contributed by atoms with Crippen molar-refractivity contribution in [3.63, 3.8) is 0 Å². The number of nitrogens with zero attached hydrogens (tertiary/aromatic N) is 1. The van der Waals surface area contributed by atoms with Crippen molar-refractivity contribution in [3.8, 4) is 0 Å². The van der Waals surface area contributed by atoms with Crippen LogP contribution in [0.3, 0.4) is 0 Å². The van der Waals surface area contributed by atoms with Crippen LogP contribution in [0.15, 0.2) is 0 Å². The van der Waals surface area contributed by atoms with Gasteiger partial charge >= 0.3 is 5.97 Å². The predicted molar refractivity (Wildman–Crippen MR) is 65.9 cm³/mol. The topological polar surface area (TPSA) is 93.1 Å². The zero-order chi connectivity index (χ0) is 14.3.